The minimum Gasteiger partial charge on any atom is -0.386 e. The lowest BCUT2D eigenvalue weighted by Gasteiger charge is -2.11. The summed E-state index contributed by atoms with van der Waals surface area (Å²) >= 11 is 0. The normalized spacial score (nSPS) is 12.7. The third-order valence-corrected chi connectivity index (χ3v) is 18.6. The van der Waals surface area contributed by atoms with Crippen LogP contribution in [-0.2, 0) is 52.2 Å². The molecule has 0 bridgehead atoms. The lowest BCUT2D eigenvalue weighted by Crippen LogP contribution is -2.33. The van der Waals surface area contributed by atoms with Crippen LogP contribution in [0.4, 0.5) is 22.7 Å². The van der Waals surface area contributed by atoms with Gasteiger partial charge in [-0.1, -0.05) is 182 Å². The quantitative estimate of drug-likeness (QED) is 0.00905. The number of likely N-dealkylation sites (N-methyl/N-ethyl adjacent to an activating group) is 1. The molecule has 32 N–H and O–H groups in total. The number of guanidine groups is 8. The van der Waals surface area contributed by atoms with Gasteiger partial charge in [-0.2, -0.15) is 20.4 Å². The van der Waals surface area contributed by atoms with Gasteiger partial charge in [0.2, 0.25) is 17.9 Å². The monoisotopic (exact) mass is 1790 g/mol. The highest BCUT2D eigenvalue weighted by atomic mass is 15.4. The molecule has 4 aliphatic rings. The highest BCUT2D eigenvalue weighted by molar-refractivity contribution is 5.89. The summed E-state index contributed by atoms with van der Waals surface area (Å²) < 4.78 is 0. The number of anilines is 2. The molecular formula is C95H133N37. The number of rotatable bonds is 34. The Bertz CT molecular complexity index is 4870. The van der Waals surface area contributed by atoms with Crippen molar-refractivity contribution in [1.82, 2.24) is 52.6 Å². The van der Waals surface area contributed by atoms with Crippen molar-refractivity contribution in [1.29, 1.82) is 0 Å². The van der Waals surface area contributed by atoms with Crippen LogP contribution in [0.3, 0.4) is 0 Å². The number of nitrogens with one attached hydrogen (secondary N) is 10. The summed E-state index contributed by atoms with van der Waals surface area (Å²) in [5.41, 5.74) is 80.5. The molecule has 0 spiro atoms. The summed E-state index contributed by atoms with van der Waals surface area (Å²) in [6.45, 7) is 16.4. The Kier molecular flexibility index (Phi) is 48.2. The number of aliphatic imine (C=N–C) groups is 8. The van der Waals surface area contributed by atoms with E-state index in [-0.39, 0.29) is 29.8 Å². The summed E-state index contributed by atoms with van der Waals surface area (Å²) in [5.74, 6) is 4.03. The van der Waals surface area contributed by atoms with Crippen LogP contribution in [0, 0.1) is 0 Å². The molecule has 0 unspecified atom stereocenters. The molecule has 698 valence electrons. The average molecular weight is 1790 g/mol. The molecule has 37 nitrogen and oxygen atoms in total. The molecule has 0 aliphatic carbocycles. The van der Waals surface area contributed by atoms with E-state index >= 15 is 0 Å². The predicted molar refractivity (Wildman–Crippen MR) is 550 cm³/mol. The molecule has 9 aromatic rings. The summed E-state index contributed by atoms with van der Waals surface area (Å²) in [5, 5.41) is 49.3. The molecule has 0 atom stereocenters. The summed E-state index contributed by atoms with van der Waals surface area (Å²) in [4.78, 5) is 37.0. The van der Waals surface area contributed by atoms with E-state index in [0.29, 0.717) is 30.3 Å². The Labute approximate surface area is 775 Å². The van der Waals surface area contributed by atoms with Gasteiger partial charge in [0.1, 0.15) is 5.84 Å². The molecule has 13 rings (SSSR count). The van der Waals surface area contributed by atoms with Gasteiger partial charge in [0.15, 0.2) is 29.8 Å². The van der Waals surface area contributed by atoms with E-state index in [1.165, 1.54) is 65.6 Å². The average Bonchev–Trinajstić information content (AvgIpc) is 1.87. The largest absolute Gasteiger partial charge is 0.386 e. The van der Waals surface area contributed by atoms with Crippen LogP contribution in [0.1, 0.15) is 99.4 Å². The molecule has 0 aromatic heterocycles. The van der Waals surface area contributed by atoms with Crippen molar-refractivity contribution in [2.24, 2.45) is 134 Å². The molecule has 37 heteroatoms. The number of nitrogens with zero attached hydrogens (tertiary/aromatic N) is 16. The summed E-state index contributed by atoms with van der Waals surface area (Å²) in [7, 11) is 8.48. The fourth-order valence-corrected chi connectivity index (χ4v) is 11.8. The fourth-order valence-electron chi connectivity index (χ4n) is 11.8. The molecule has 0 saturated carbocycles. The van der Waals surface area contributed by atoms with Crippen LogP contribution in [0.2, 0.25) is 0 Å². The molecule has 0 saturated heterocycles. The van der Waals surface area contributed by atoms with Crippen LogP contribution in [0.25, 0.3) is 0 Å². The zero-order valence-electron chi connectivity index (χ0n) is 76.3. The van der Waals surface area contributed by atoms with Crippen LogP contribution in [-0.4, -0.2) is 188 Å². The summed E-state index contributed by atoms with van der Waals surface area (Å²) in [6.07, 6.45) is 12.7. The van der Waals surface area contributed by atoms with Gasteiger partial charge < -0.3 is 115 Å². The third-order valence-electron chi connectivity index (χ3n) is 18.6. The summed E-state index contributed by atoms with van der Waals surface area (Å²) in [6, 6.07) is 76.9. The van der Waals surface area contributed by atoms with Crippen molar-refractivity contribution >= 4 is 107 Å². The minimum atomic E-state index is -0.0787. The Morgan fingerprint density at radius 3 is 1.11 bits per heavy atom. The number of nitrogens with two attached hydrogens (primary N) is 11. The number of benzene rings is 9. The second-order valence-electron chi connectivity index (χ2n) is 30.5. The molecule has 132 heavy (non-hydrogen) atoms. The second-order valence-corrected chi connectivity index (χ2v) is 30.5. The Balaban J connectivity index is 0.000000211. The SMILES string of the molecule is C(=N\NC1=NCCN1)/c1ccc(/C=N/NC2=NCCN2)cc1.CC(N)=N/N=C/c1ccc(/C=N/N=C(N)N)cc1.CN(C)CCCCc1ccc(CNCCN(C)C)cc1.NC(N)=NCc1ccc(CN=C(N)N)cc1.NC(N)=Nc1ccc(N=C(N)N)cc1.c1cc(CNC2=NCCN2)ccc1CNC1=NCCC1.c1ccc(NCc2ccc(CNc3ccccc3)cc2)cc1. The van der Waals surface area contributed by atoms with Gasteiger partial charge in [0.05, 0.1) is 74.8 Å². The van der Waals surface area contributed by atoms with Crippen LogP contribution < -0.4 is 116 Å². The number of hydrogen-bond acceptors (Lipinski definition) is 26. The highest BCUT2D eigenvalue weighted by Crippen LogP contribution is 2.19. The van der Waals surface area contributed by atoms with E-state index in [9.17, 15) is 0 Å². The molecular weight excluding hydrogens is 1660 g/mol. The van der Waals surface area contributed by atoms with E-state index in [4.69, 9.17) is 63.1 Å². The van der Waals surface area contributed by atoms with Crippen LogP contribution in [0.15, 0.2) is 301 Å². The van der Waals surface area contributed by atoms with Crippen molar-refractivity contribution < 1.29 is 0 Å². The van der Waals surface area contributed by atoms with Crippen LogP contribution >= 0.6 is 0 Å². The van der Waals surface area contributed by atoms with E-state index in [0.717, 1.165) is 167 Å². The first-order valence-corrected chi connectivity index (χ1v) is 43.4. The van der Waals surface area contributed by atoms with E-state index in [1.807, 2.05) is 109 Å². The van der Waals surface area contributed by atoms with Crippen molar-refractivity contribution in [3.63, 3.8) is 0 Å². The Hall–Kier alpha value is -15.8. The lowest BCUT2D eigenvalue weighted by atomic mass is 10.1. The van der Waals surface area contributed by atoms with Gasteiger partial charge in [0, 0.05) is 89.8 Å². The first-order valence-electron chi connectivity index (χ1n) is 43.4. The number of hydrogen-bond donors (Lipinski definition) is 21. The zero-order valence-corrected chi connectivity index (χ0v) is 76.3. The van der Waals surface area contributed by atoms with E-state index < -0.39 is 0 Å². The highest BCUT2D eigenvalue weighted by Gasteiger charge is 2.09. The van der Waals surface area contributed by atoms with E-state index in [2.05, 4.69) is 259 Å². The topological polar surface area (TPSA) is 586 Å². The van der Waals surface area contributed by atoms with Gasteiger partial charge in [-0.15, -0.1) is 10.2 Å². The van der Waals surface area contributed by atoms with Gasteiger partial charge in [-0.05, 0) is 183 Å². The number of hydrazone groups is 2. The number of para-hydroxylation sites is 2. The second kappa shape index (κ2) is 61.6. The smallest absolute Gasteiger partial charge is 0.212 e. The first-order chi connectivity index (χ1) is 64.0. The molecule has 9 aromatic carbocycles. The van der Waals surface area contributed by atoms with E-state index in [1.54, 1.807) is 56.0 Å². The minimum absolute atomic E-state index is 0.0135. The van der Waals surface area contributed by atoms with Crippen LogP contribution in [0.5, 0.6) is 0 Å². The van der Waals surface area contributed by atoms with Crippen molar-refractivity contribution in [3.05, 3.63) is 297 Å². The predicted octanol–water partition coefficient (Wildman–Crippen LogP) is 6.34. The van der Waals surface area contributed by atoms with Gasteiger partial charge in [0.25, 0.3) is 0 Å². The number of amidine groups is 2. The maximum Gasteiger partial charge on any atom is 0.212 e. The molecule has 0 fully saturated rings. The Morgan fingerprint density at radius 1 is 0.364 bits per heavy atom. The maximum atomic E-state index is 5.35. The standard InChI is InChI=1S/C20H20N2.C17H31N3.C15H21N5.C14H18N8.C11H15N7.C10H16N6.C8H12N6/c1-3-7-19(8-4-1)21-15-17-11-13-18(14-12-17)16-22-20-9-5-2-6-10-20;1-19(2)13-6-5-7-16-8-10-17(11-9-16)15-18-12-14-20(3)4;1-2-14(16-7-1)19-10-12-3-5-13(6-4-12)11-20-15-17-8-9-18-15;1-2-12(10-20-22-14-17-7-8-18-14)4-3-11(1)9-19-21-13-15-5-6-16-13;1-8(12)17-15-6-9-2-4-10(5-3-9)7-16-18-11(13)14;11-9(12)15-5-7-1-2-8(4-3-7)6-16-10(13)14;9-7(10)13-5-1-2-6(4-3-5)14-8(11)12/h1-14,21-22H,15-16H2;8-11,18H,5-7,12-15H2,1-4H3;3-6H,1-2,7-11H2,(H,16,19)(H2,17,18,20);1-4,9-10H,5-8H2,(H2,15,16,21)(H2,17,18,22);2-7H,1H3,(H2,12,17)(H4,13,14,18);1-4H,5-6H2,(H4,11,12,15)(H4,13,14,16);1-4H,(H4,9,10,13)(H4,11,12,14)/b;;;19-9+,20-10+;15-6+,16-7+;;. The van der Waals surface area contributed by atoms with Crippen molar-refractivity contribution in [3.8, 4) is 0 Å². The van der Waals surface area contributed by atoms with Gasteiger partial charge in [-0.25, -0.2) is 40.8 Å². The van der Waals surface area contributed by atoms with Crippen molar-refractivity contribution in [2.75, 3.05) is 104 Å². The molecule has 4 heterocycles. The third kappa shape index (κ3) is 48.3. The Morgan fingerprint density at radius 2 is 0.742 bits per heavy atom. The molecule has 0 radical (unpaired) electrons. The van der Waals surface area contributed by atoms with Crippen molar-refractivity contribution in [2.45, 2.75) is 84.8 Å². The fraction of sp³-hybridized carbons (Fsp3) is 0.284. The zero-order chi connectivity index (χ0) is 94.4. The number of aryl methyl sites for hydroxylation is 1. The van der Waals surface area contributed by atoms with Gasteiger partial charge in [-0.3, -0.25) is 9.98 Å². The molecule has 4 aliphatic heterocycles. The molecule has 0 amide bonds. The van der Waals surface area contributed by atoms with Gasteiger partial charge >= 0.3 is 0 Å². The lowest BCUT2D eigenvalue weighted by molar-refractivity contribution is 0.394. The number of unbranched alkanes of at least 4 members (excludes halogenated alkanes) is 1. The first kappa shape index (κ1) is 103. The maximum absolute atomic E-state index is 5.35.